The van der Waals surface area contributed by atoms with Crippen LogP contribution in [0.4, 0.5) is 17.1 Å². The van der Waals surface area contributed by atoms with Gasteiger partial charge in [-0.15, -0.1) is 0 Å². The molecule has 4 heteroatoms. The van der Waals surface area contributed by atoms with Crippen LogP contribution >= 0.6 is 23.8 Å². The fraction of sp³-hybridized carbons (Fsp3) is 0.200. The summed E-state index contributed by atoms with van der Waals surface area (Å²) in [5, 5.41) is 13.7. The number of hydrogen-bond acceptors (Lipinski definition) is 1. The van der Waals surface area contributed by atoms with Crippen LogP contribution in [0, 0.1) is 0 Å². The van der Waals surface area contributed by atoms with Gasteiger partial charge in [-0.1, -0.05) is 131 Å². The second-order valence-corrected chi connectivity index (χ2v) is 20.0. The van der Waals surface area contributed by atoms with E-state index in [0.29, 0.717) is 0 Å². The highest BCUT2D eigenvalue weighted by molar-refractivity contribution is 7.84. The third-order valence-electron chi connectivity index (χ3n) is 10.2. The molecule has 9 rings (SSSR count). The van der Waals surface area contributed by atoms with Gasteiger partial charge in [0.1, 0.15) is 0 Å². The lowest BCUT2D eigenvalue weighted by Crippen LogP contribution is -2.50. The van der Waals surface area contributed by atoms with Gasteiger partial charge in [0, 0.05) is 31.8 Å². The molecule has 0 amide bonds. The lowest BCUT2D eigenvalue weighted by Gasteiger charge is -2.50. The number of benzene rings is 6. The molecule has 0 bridgehead atoms. The molecule has 0 saturated carbocycles. The SMILES string of the molecule is CCCc1cc2c3c(c1)P(c1ccccc1)c1cc(CCC)cc4c1N3c1c(cc(CCC)cc1P4c1ccccc1)P2c1ccccc1. The Hall–Kier alpha value is -3.59. The standard InChI is InChI=1S/C45H42NP3/c1-4-16-31-25-37-43-38(26-31)48(35-21-12-8-13-22-35)40-28-33(18-6-3)30-42-45(40)46(43)44-39(47(37)34-19-10-7-11-20-34)27-32(17-5-2)29-41(44)49(42)36-23-14-9-15-24-36/h7-15,19-30H,4-6,16-18H2,1-3H3. The van der Waals surface area contributed by atoms with Crippen molar-refractivity contribution >= 4 is 88.6 Å². The van der Waals surface area contributed by atoms with Crippen molar-refractivity contribution in [2.45, 2.75) is 59.3 Å². The summed E-state index contributed by atoms with van der Waals surface area (Å²) < 4.78 is 0. The summed E-state index contributed by atoms with van der Waals surface area (Å²) in [7, 11) is -2.26. The Kier molecular flexibility index (Phi) is 8.29. The Bertz CT molecular complexity index is 1850. The first-order valence-electron chi connectivity index (χ1n) is 18.1. The Labute approximate surface area is 295 Å². The van der Waals surface area contributed by atoms with Gasteiger partial charge in [0.05, 0.1) is 17.1 Å². The first-order valence-corrected chi connectivity index (χ1v) is 22.1. The molecule has 3 aliphatic heterocycles. The zero-order valence-electron chi connectivity index (χ0n) is 28.7. The van der Waals surface area contributed by atoms with Crippen molar-refractivity contribution in [3.8, 4) is 0 Å². The molecular weight excluding hydrogens is 647 g/mol. The van der Waals surface area contributed by atoms with Crippen LogP contribution in [0.2, 0.25) is 0 Å². The van der Waals surface area contributed by atoms with E-state index in [1.54, 1.807) is 31.8 Å². The van der Waals surface area contributed by atoms with Crippen molar-refractivity contribution in [2.24, 2.45) is 0 Å². The third-order valence-corrected chi connectivity index (χ3v) is 17.5. The molecule has 3 heterocycles. The smallest absolute Gasteiger partial charge is 0.0629 e. The van der Waals surface area contributed by atoms with Gasteiger partial charge in [-0.25, -0.2) is 0 Å². The van der Waals surface area contributed by atoms with Crippen molar-refractivity contribution < 1.29 is 0 Å². The monoisotopic (exact) mass is 689 g/mol. The van der Waals surface area contributed by atoms with Crippen molar-refractivity contribution in [3.63, 3.8) is 0 Å². The van der Waals surface area contributed by atoms with Gasteiger partial charge in [-0.05, 0) is 112 Å². The van der Waals surface area contributed by atoms with E-state index in [0.717, 1.165) is 38.5 Å². The van der Waals surface area contributed by atoms with Gasteiger partial charge < -0.3 is 4.90 Å². The van der Waals surface area contributed by atoms with Crippen LogP contribution in [-0.2, 0) is 19.3 Å². The van der Waals surface area contributed by atoms with Crippen molar-refractivity contribution in [1.82, 2.24) is 0 Å². The quantitative estimate of drug-likeness (QED) is 0.138. The summed E-state index contributed by atoms with van der Waals surface area (Å²) in [6, 6.07) is 50.2. The molecule has 0 spiro atoms. The number of rotatable bonds is 9. The first kappa shape index (κ1) is 31.4. The first-order chi connectivity index (χ1) is 24.2. The molecule has 242 valence electrons. The van der Waals surface area contributed by atoms with Gasteiger partial charge in [-0.2, -0.15) is 0 Å². The van der Waals surface area contributed by atoms with Crippen LogP contribution in [0.5, 0.6) is 0 Å². The molecule has 0 aliphatic carbocycles. The van der Waals surface area contributed by atoms with Crippen LogP contribution in [0.1, 0.15) is 56.7 Å². The largest absolute Gasteiger partial charge is 0.306 e. The van der Waals surface area contributed by atoms with Crippen molar-refractivity contribution in [2.75, 3.05) is 4.90 Å². The summed E-state index contributed by atoms with van der Waals surface area (Å²) >= 11 is 0. The molecule has 6 aromatic rings. The zero-order valence-corrected chi connectivity index (χ0v) is 31.3. The molecule has 1 nitrogen and oxygen atoms in total. The number of anilines is 3. The van der Waals surface area contributed by atoms with Crippen LogP contribution in [0.3, 0.4) is 0 Å². The molecule has 0 unspecified atom stereocenters. The van der Waals surface area contributed by atoms with E-state index in [-0.39, 0.29) is 0 Å². The highest BCUT2D eigenvalue weighted by atomic mass is 31.1. The van der Waals surface area contributed by atoms with E-state index >= 15 is 0 Å². The van der Waals surface area contributed by atoms with Crippen LogP contribution in [-0.4, -0.2) is 0 Å². The third kappa shape index (κ3) is 5.08. The van der Waals surface area contributed by atoms with E-state index < -0.39 is 23.8 Å². The van der Waals surface area contributed by atoms with E-state index in [2.05, 4.69) is 153 Å². The number of aryl methyl sites for hydroxylation is 3. The average molecular weight is 690 g/mol. The minimum Gasteiger partial charge on any atom is -0.306 e. The maximum Gasteiger partial charge on any atom is 0.0629 e. The predicted molar refractivity (Wildman–Crippen MR) is 220 cm³/mol. The molecular formula is C45H42NP3. The predicted octanol–water partition coefficient (Wildman–Crippen LogP) is 8.23. The minimum atomic E-state index is -0.752. The normalized spacial score (nSPS) is 17.9. The highest BCUT2D eigenvalue weighted by Gasteiger charge is 2.47. The Balaban J connectivity index is 1.47. The fourth-order valence-corrected chi connectivity index (χ4v) is 16.8. The number of nitrogens with zero attached hydrogens (tertiary/aromatic N) is 1. The Morgan fingerprint density at radius 2 is 0.612 bits per heavy atom. The Morgan fingerprint density at radius 3 is 0.837 bits per heavy atom. The summed E-state index contributed by atoms with van der Waals surface area (Å²) in [6.45, 7) is 7.00. The number of hydrogen-bond donors (Lipinski definition) is 0. The summed E-state index contributed by atoms with van der Waals surface area (Å²) in [5.74, 6) is 0. The van der Waals surface area contributed by atoms with Crippen LogP contribution in [0.25, 0.3) is 0 Å². The molecule has 0 atom stereocenters. The maximum absolute atomic E-state index is 2.80. The molecule has 0 radical (unpaired) electrons. The van der Waals surface area contributed by atoms with Gasteiger partial charge in [-0.3, -0.25) is 0 Å². The van der Waals surface area contributed by atoms with Gasteiger partial charge in [0.2, 0.25) is 0 Å². The molecule has 6 aromatic carbocycles. The van der Waals surface area contributed by atoms with Crippen molar-refractivity contribution in [3.05, 3.63) is 144 Å². The van der Waals surface area contributed by atoms with E-state index in [1.807, 2.05) is 0 Å². The maximum atomic E-state index is 2.80. The summed E-state index contributed by atoms with van der Waals surface area (Å²) in [4.78, 5) is 2.80. The summed E-state index contributed by atoms with van der Waals surface area (Å²) in [6.07, 6.45) is 6.78. The minimum absolute atomic E-state index is 0.752. The lowest BCUT2D eigenvalue weighted by atomic mass is 10.0. The molecule has 0 N–H and O–H groups in total. The second-order valence-electron chi connectivity index (χ2n) is 13.5. The van der Waals surface area contributed by atoms with Gasteiger partial charge in [0.25, 0.3) is 0 Å². The van der Waals surface area contributed by atoms with Crippen LogP contribution < -0.4 is 52.6 Å². The summed E-state index contributed by atoms with van der Waals surface area (Å²) in [5.41, 5.74) is 8.94. The molecule has 0 aromatic heterocycles. The van der Waals surface area contributed by atoms with E-state index in [4.69, 9.17) is 0 Å². The molecule has 0 saturated heterocycles. The second kappa shape index (κ2) is 12.9. The zero-order chi connectivity index (χ0) is 33.1. The van der Waals surface area contributed by atoms with Crippen molar-refractivity contribution in [1.29, 1.82) is 0 Å². The average Bonchev–Trinajstić information content (AvgIpc) is 3.13. The van der Waals surface area contributed by atoms with E-state index in [1.165, 1.54) is 49.7 Å². The lowest BCUT2D eigenvalue weighted by molar-refractivity contribution is 0.922. The Morgan fingerprint density at radius 1 is 0.367 bits per heavy atom. The van der Waals surface area contributed by atoms with Gasteiger partial charge in [0.15, 0.2) is 0 Å². The topological polar surface area (TPSA) is 3.24 Å². The van der Waals surface area contributed by atoms with Crippen LogP contribution in [0.15, 0.2) is 127 Å². The molecule has 0 fully saturated rings. The van der Waals surface area contributed by atoms with Gasteiger partial charge >= 0.3 is 0 Å². The van der Waals surface area contributed by atoms with E-state index in [9.17, 15) is 0 Å². The highest BCUT2D eigenvalue weighted by Crippen LogP contribution is 2.59. The molecule has 49 heavy (non-hydrogen) atoms. The molecule has 3 aliphatic rings. The fourth-order valence-electron chi connectivity index (χ4n) is 8.28.